The molecule has 3 N–H and O–H groups in total. The average molecular weight is 180 g/mol. The highest BCUT2D eigenvalue weighted by Crippen LogP contribution is 1.98. The van der Waals surface area contributed by atoms with Crippen LogP contribution in [-0.2, 0) is 16.2 Å². The van der Waals surface area contributed by atoms with Gasteiger partial charge in [-0.3, -0.25) is 9.63 Å². The standard InChI is InChI=1S/C9H12N2O2/c10-9(12)6-11-13-7-8-4-2-1-3-5-8/h1-5,11H,6-7H2,(H2,10,12). The van der Waals surface area contributed by atoms with Crippen molar-refractivity contribution < 1.29 is 9.63 Å². The van der Waals surface area contributed by atoms with E-state index in [1.54, 1.807) is 0 Å². The smallest absolute Gasteiger partial charge is 0.233 e. The fourth-order valence-corrected chi connectivity index (χ4v) is 0.831. The highest BCUT2D eigenvalue weighted by atomic mass is 16.6. The van der Waals surface area contributed by atoms with Gasteiger partial charge in [0.2, 0.25) is 5.91 Å². The van der Waals surface area contributed by atoms with Crippen molar-refractivity contribution in [2.24, 2.45) is 5.73 Å². The predicted molar refractivity (Wildman–Crippen MR) is 48.4 cm³/mol. The number of carbonyl (C=O) groups is 1. The van der Waals surface area contributed by atoms with Crippen molar-refractivity contribution in [3.8, 4) is 0 Å². The first-order valence-electron chi connectivity index (χ1n) is 3.96. The van der Waals surface area contributed by atoms with Crippen molar-refractivity contribution in [2.75, 3.05) is 6.54 Å². The molecule has 0 aliphatic carbocycles. The molecule has 0 saturated carbocycles. The number of hydrogen-bond acceptors (Lipinski definition) is 3. The maximum Gasteiger partial charge on any atom is 0.233 e. The zero-order valence-electron chi connectivity index (χ0n) is 7.19. The van der Waals surface area contributed by atoms with E-state index in [0.29, 0.717) is 6.61 Å². The van der Waals surface area contributed by atoms with Crippen molar-refractivity contribution in [1.82, 2.24) is 5.48 Å². The number of nitrogens with one attached hydrogen (secondary N) is 1. The third-order valence-corrected chi connectivity index (χ3v) is 1.43. The molecule has 1 amide bonds. The molecule has 4 nitrogen and oxygen atoms in total. The van der Waals surface area contributed by atoms with Crippen molar-refractivity contribution in [1.29, 1.82) is 0 Å². The van der Waals surface area contributed by atoms with Gasteiger partial charge in [-0.15, -0.1) is 0 Å². The fourth-order valence-electron chi connectivity index (χ4n) is 0.831. The summed E-state index contributed by atoms with van der Waals surface area (Å²) in [5.74, 6) is -0.437. The van der Waals surface area contributed by atoms with Gasteiger partial charge in [-0.2, -0.15) is 5.48 Å². The van der Waals surface area contributed by atoms with E-state index >= 15 is 0 Å². The number of nitrogens with two attached hydrogens (primary N) is 1. The molecule has 4 heteroatoms. The molecule has 0 heterocycles. The Hall–Kier alpha value is -1.39. The molecule has 0 aliphatic heterocycles. The predicted octanol–water partition coefficient (Wildman–Crippen LogP) is 0.193. The molecule has 0 atom stereocenters. The lowest BCUT2D eigenvalue weighted by molar-refractivity contribution is -0.120. The number of primary amides is 1. The number of rotatable bonds is 5. The molecule has 0 unspecified atom stereocenters. The van der Waals surface area contributed by atoms with E-state index in [0.717, 1.165) is 5.56 Å². The molecule has 1 aromatic carbocycles. The van der Waals surface area contributed by atoms with Crippen LogP contribution in [0.4, 0.5) is 0 Å². The van der Waals surface area contributed by atoms with Gasteiger partial charge in [0.05, 0.1) is 13.2 Å². The van der Waals surface area contributed by atoms with Gasteiger partial charge in [-0.25, -0.2) is 0 Å². The molecule has 1 aromatic rings. The van der Waals surface area contributed by atoms with Crippen molar-refractivity contribution >= 4 is 5.91 Å². The van der Waals surface area contributed by atoms with Crippen LogP contribution in [0.5, 0.6) is 0 Å². The van der Waals surface area contributed by atoms with E-state index in [2.05, 4.69) is 5.48 Å². The van der Waals surface area contributed by atoms with Gasteiger partial charge in [0.1, 0.15) is 0 Å². The monoisotopic (exact) mass is 180 g/mol. The first-order valence-corrected chi connectivity index (χ1v) is 3.96. The summed E-state index contributed by atoms with van der Waals surface area (Å²) < 4.78 is 0. The van der Waals surface area contributed by atoms with Crippen LogP contribution in [0.1, 0.15) is 5.56 Å². The molecule has 0 spiro atoms. The molecule has 0 bridgehead atoms. The lowest BCUT2D eigenvalue weighted by Gasteiger charge is -2.02. The molecule has 0 radical (unpaired) electrons. The molecule has 0 saturated heterocycles. The van der Waals surface area contributed by atoms with E-state index in [-0.39, 0.29) is 6.54 Å². The van der Waals surface area contributed by atoms with Crippen molar-refractivity contribution in [3.63, 3.8) is 0 Å². The van der Waals surface area contributed by atoms with Crippen LogP contribution in [0.25, 0.3) is 0 Å². The molecular weight excluding hydrogens is 168 g/mol. The minimum atomic E-state index is -0.437. The molecule has 70 valence electrons. The molecule has 0 aliphatic rings. The van der Waals surface area contributed by atoms with Crippen LogP contribution < -0.4 is 11.2 Å². The van der Waals surface area contributed by atoms with E-state index in [9.17, 15) is 4.79 Å². The number of hydroxylamine groups is 1. The lowest BCUT2D eigenvalue weighted by Crippen LogP contribution is -2.28. The topological polar surface area (TPSA) is 64.4 Å². The first-order chi connectivity index (χ1) is 6.29. The summed E-state index contributed by atoms with van der Waals surface area (Å²) in [5.41, 5.74) is 8.39. The maximum atomic E-state index is 10.3. The number of carbonyl (C=O) groups excluding carboxylic acids is 1. The molecule has 13 heavy (non-hydrogen) atoms. The normalized spacial score (nSPS) is 9.85. The maximum absolute atomic E-state index is 10.3. The Kier molecular flexibility index (Phi) is 3.95. The largest absolute Gasteiger partial charge is 0.368 e. The summed E-state index contributed by atoms with van der Waals surface area (Å²) in [6, 6.07) is 9.65. The van der Waals surface area contributed by atoms with Gasteiger partial charge < -0.3 is 5.73 Å². The van der Waals surface area contributed by atoms with Crippen LogP contribution in [0.15, 0.2) is 30.3 Å². The Morgan fingerprint density at radius 2 is 2.08 bits per heavy atom. The molecule has 0 fully saturated rings. The third-order valence-electron chi connectivity index (χ3n) is 1.43. The summed E-state index contributed by atoms with van der Waals surface area (Å²) in [6.45, 7) is 0.459. The van der Waals surface area contributed by atoms with Crippen LogP contribution in [-0.4, -0.2) is 12.5 Å². The van der Waals surface area contributed by atoms with Gasteiger partial charge in [0.25, 0.3) is 0 Å². The molecular formula is C9H12N2O2. The Morgan fingerprint density at radius 1 is 1.38 bits per heavy atom. The lowest BCUT2D eigenvalue weighted by atomic mass is 10.2. The second kappa shape index (κ2) is 5.29. The zero-order valence-corrected chi connectivity index (χ0v) is 7.19. The Bertz CT molecular complexity index is 262. The van der Waals surface area contributed by atoms with Gasteiger partial charge in [-0.1, -0.05) is 30.3 Å². The number of hydrogen-bond donors (Lipinski definition) is 2. The summed E-state index contributed by atoms with van der Waals surface area (Å²) in [7, 11) is 0. The van der Waals surface area contributed by atoms with Crippen molar-refractivity contribution in [2.45, 2.75) is 6.61 Å². The van der Waals surface area contributed by atoms with Crippen LogP contribution in [0.3, 0.4) is 0 Å². The van der Waals surface area contributed by atoms with Gasteiger partial charge >= 0.3 is 0 Å². The molecule has 0 aromatic heterocycles. The van der Waals surface area contributed by atoms with E-state index in [1.807, 2.05) is 30.3 Å². The Morgan fingerprint density at radius 3 is 2.69 bits per heavy atom. The number of amides is 1. The fraction of sp³-hybridized carbons (Fsp3) is 0.222. The third kappa shape index (κ3) is 4.25. The summed E-state index contributed by atoms with van der Waals surface area (Å²) in [5, 5.41) is 0. The second-order valence-corrected chi connectivity index (χ2v) is 2.56. The molecule has 1 rings (SSSR count). The SMILES string of the molecule is NC(=O)CNOCc1ccccc1. The zero-order chi connectivity index (χ0) is 9.52. The van der Waals surface area contributed by atoms with Crippen LogP contribution >= 0.6 is 0 Å². The highest BCUT2D eigenvalue weighted by molar-refractivity contribution is 5.75. The Labute approximate surface area is 76.6 Å². The van der Waals surface area contributed by atoms with Gasteiger partial charge in [0, 0.05) is 0 Å². The van der Waals surface area contributed by atoms with E-state index in [1.165, 1.54) is 0 Å². The first kappa shape index (κ1) is 9.70. The summed E-state index contributed by atoms with van der Waals surface area (Å²) in [6.07, 6.45) is 0. The second-order valence-electron chi connectivity index (χ2n) is 2.56. The van der Waals surface area contributed by atoms with Gasteiger partial charge in [-0.05, 0) is 5.56 Å². The van der Waals surface area contributed by atoms with Crippen molar-refractivity contribution in [3.05, 3.63) is 35.9 Å². The van der Waals surface area contributed by atoms with Gasteiger partial charge in [0.15, 0.2) is 0 Å². The van der Waals surface area contributed by atoms with Crippen LogP contribution in [0.2, 0.25) is 0 Å². The number of benzene rings is 1. The minimum Gasteiger partial charge on any atom is -0.368 e. The quantitative estimate of drug-likeness (QED) is 0.502. The Balaban J connectivity index is 2.17. The summed E-state index contributed by atoms with van der Waals surface area (Å²) >= 11 is 0. The van der Waals surface area contributed by atoms with E-state index < -0.39 is 5.91 Å². The van der Waals surface area contributed by atoms with E-state index in [4.69, 9.17) is 10.6 Å². The minimum absolute atomic E-state index is 0.0346. The van der Waals surface area contributed by atoms with Crippen LogP contribution in [0, 0.1) is 0 Å². The average Bonchev–Trinajstić information content (AvgIpc) is 2.14. The summed E-state index contributed by atoms with van der Waals surface area (Å²) in [4.78, 5) is 15.3. The highest BCUT2D eigenvalue weighted by Gasteiger charge is 1.93.